The third-order valence-electron chi connectivity index (χ3n) is 3.20. The number of hydrogen-bond acceptors (Lipinski definition) is 6. The lowest BCUT2D eigenvalue weighted by Gasteiger charge is -2.06. The molecule has 0 spiro atoms. The highest BCUT2D eigenvalue weighted by molar-refractivity contribution is 5.47. The van der Waals surface area contributed by atoms with E-state index in [0.29, 0.717) is 18.1 Å². The average molecular weight is 285 g/mol. The van der Waals surface area contributed by atoms with Crippen LogP contribution in [-0.4, -0.2) is 24.8 Å². The summed E-state index contributed by atoms with van der Waals surface area (Å²) in [6.45, 7) is 0. The van der Waals surface area contributed by atoms with Crippen LogP contribution in [-0.2, 0) is 13.5 Å². The predicted octanol–water partition coefficient (Wildman–Crippen LogP) is 1.42. The van der Waals surface area contributed by atoms with Crippen LogP contribution < -0.4 is 5.73 Å². The summed E-state index contributed by atoms with van der Waals surface area (Å²) < 4.78 is 7.03. The smallest absolute Gasteiger partial charge is 0.244 e. The second kappa shape index (κ2) is 5.37. The first-order chi connectivity index (χ1) is 10.1. The van der Waals surface area contributed by atoms with Crippen LogP contribution in [0.3, 0.4) is 0 Å². The van der Waals surface area contributed by atoms with E-state index in [2.05, 4.69) is 15.1 Å². The molecule has 0 saturated carbocycles. The van der Waals surface area contributed by atoms with Crippen LogP contribution in [0.2, 0.25) is 0 Å². The van der Waals surface area contributed by atoms with Crippen LogP contribution in [0.1, 0.15) is 17.5 Å². The summed E-state index contributed by atoms with van der Waals surface area (Å²) in [6.07, 6.45) is 3.88. The van der Waals surface area contributed by atoms with Gasteiger partial charge in [0.05, 0.1) is 18.6 Å². The lowest BCUT2D eigenvalue weighted by atomic mass is 10.1. The van der Waals surface area contributed by atoms with Crippen molar-refractivity contribution in [3.8, 4) is 17.3 Å². The molecule has 0 aliphatic carbocycles. The normalized spacial score (nSPS) is 12.5. The van der Waals surface area contributed by atoms with Crippen LogP contribution in [0.15, 0.2) is 41.3 Å². The van der Waals surface area contributed by atoms with Crippen molar-refractivity contribution < 1.29 is 9.63 Å². The highest BCUT2D eigenvalue weighted by Crippen LogP contribution is 2.20. The first kappa shape index (κ1) is 13.3. The van der Waals surface area contributed by atoms with Crippen molar-refractivity contribution in [2.75, 3.05) is 0 Å². The molecule has 0 aliphatic rings. The van der Waals surface area contributed by atoms with Crippen molar-refractivity contribution >= 4 is 0 Å². The predicted molar refractivity (Wildman–Crippen MR) is 75.2 cm³/mol. The zero-order chi connectivity index (χ0) is 14.8. The van der Waals surface area contributed by atoms with Gasteiger partial charge in [0.25, 0.3) is 0 Å². The fourth-order valence-corrected chi connectivity index (χ4v) is 2.04. The van der Waals surface area contributed by atoms with E-state index in [1.165, 1.54) is 0 Å². The Morgan fingerprint density at radius 1 is 1.33 bits per heavy atom. The Morgan fingerprint density at radius 3 is 2.76 bits per heavy atom. The topological polar surface area (TPSA) is 103 Å². The van der Waals surface area contributed by atoms with E-state index in [4.69, 9.17) is 10.3 Å². The van der Waals surface area contributed by atoms with E-state index >= 15 is 0 Å². The summed E-state index contributed by atoms with van der Waals surface area (Å²) in [4.78, 5) is 8.33. The van der Waals surface area contributed by atoms with Gasteiger partial charge < -0.3 is 19.9 Å². The number of aryl methyl sites for hydroxylation is 1. The Bertz CT molecular complexity index is 732. The lowest BCUT2D eigenvalue weighted by molar-refractivity contribution is 0.354. The van der Waals surface area contributed by atoms with Gasteiger partial charge in [0.2, 0.25) is 11.7 Å². The maximum absolute atomic E-state index is 9.26. The number of benzene rings is 1. The maximum atomic E-state index is 9.26. The third-order valence-corrected chi connectivity index (χ3v) is 3.20. The number of phenolic OH excluding ortho intramolecular Hbond substituents is 1. The zero-order valence-corrected chi connectivity index (χ0v) is 11.5. The van der Waals surface area contributed by atoms with Crippen molar-refractivity contribution in [1.82, 2.24) is 19.7 Å². The number of nitrogens with two attached hydrogens (primary N) is 1. The minimum atomic E-state index is -0.399. The summed E-state index contributed by atoms with van der Waals surface area (Å²) in [5.41, 5.74) is 7.84. The quantitative estimate of drug-likeness (QED) is 0.751. The summed E-state index contributed by atoms with van der Waals surface area (Å²) in [5, 5.41) is 13.2. The van der Waals surface area contributed by atoms with E-state index in [-0.39, 0.29) is 5.75 Å². The van der Waals surface area contributed by atoms with Gasteiger partial charge in [-0.2, -0.15) is 4.98 Å². The van der Waals surface area contributed by atoms with E-state index in [1.54, 1.807) is 29.2 Å². The van der Waals surface area contributed by atoms with Crippen molar-refractivity contribution in [1.29, 1.82) is 0 Å². The molecule has 2 aromatic heterocycles. The van der Waals surface area contributed by atoms with Gasteiger partial charge in [-0.3, -0.25) is 0 Å². The number of phenols is 1. The molecule has 1 aromatic carbocycles. The molecule has 3 N–H and O–H groups in total. The Balaban J connectivity index is 1.76. The van der Waals surface area contributed by atoms with Crippen LogP contribution in [0, 0.1) is 0 Å². The molecule has 7 nitrogen and oxygen atoms in total. The van der Waals surface area contributed by atoms with Gasteiger partial charge in [0.15, 0.2) is 0 Å². The number of aromatic hydroxyl groups is 1. The molecule has 7 heteroatoms. The van der Waals surface area contributed by atoms with Gasteiger partial charge in [-0.05, 0) is 24.1 Å². The van der Waals surface area contributed by atoms with Crippen LogP contribution in [0.25, 0.3) is 11.5 Å². The molecule has 21 heavy (non-hydrogen) atoms. The molecule has 1 atom stereocenters. The monoisotopic (exact) mass is 285 g/mol. The van der Waals surface area contributed by atoms with Gasteiger partial charge >= 0.3 is 0 Å². The highest BCUT2D eigenvalue weighted by Gasteiger charge is 2.17. The van der Waals surface area contributed by atoms with Gasteiger partial charge in [-0.15, -0.1) is 0 Å². The van der Waals surface area contributed by atoms with Crippen molar-refractivity contribution in [2.45, 2.75) is 12.5 Å². The fourth-order valence-electron chi connectivity index (χ4n) is 2.04. The molecule has 2 heterocycles. The number of nitrogens with zero attached hydrogens (tertiary/aromatic N) is 4. The molecule has 0 saturated heterocycles. The summed E-state index contributed by atoms with van der Waals surface area (Å²) in [5.74, 6) is 1.06. The molecule has 0 aliphatic heterocycles. The van der Waals surface area contributed by atoms with Gasteiger partial charge in [0, 0.05) is 7.05 Å². The van der Waals surface area contributed by atoms with E-state index in [0.717, 1.165) is 11.3 Å². The summed E-state index contributed by atoms with van der Waals surface area (Å²) in [7, 11) is 1.86. The number of hydrogen-bond donors (Lipinski definition) is 2. The Labute approximate surface area is 121 Å². The fraction of sp³-hybridized carbons (Fsp3) is 0.214. The van der Waals surface area contributed by atoms with Gasteiger partial charge in [-0.25, -0.2) is 4.98 Å². The SMILES string of the molecule is Cn1cncc1-c1noc([C@@H](N)Cc2ccc(O)cc2)n1. The highest BCUT2D eigenvalue weighted by atomic mass is 16.5. The van der Waals surface area contributed by atoms with E-state index in [1.807, 2.05) is 19.2 Å². The Morgan fingerprint density at radius 2 is 2.10 bits per heavy atom. The third kappa shape index (κ3) is 2.77. The first-order valence-corrected chi connectivity index (χ1v) is 6.47. The number of aromatic nitrogens is 4. The number of rotatable bonds is 4. The maximum Gasteiger partial charge on any atom is 0.244 e. The second-order valence-corrected chi connectivity index (χ2v) is 4.82. The van der Waals surface area contributed by atoms with Crippen LogP contribution in [0.4, 0.5) is 0 Å². The lowest BCUT2D eigenvalue weighted by Crippen LogP contribution is -2.13. The standard InChI is InChI=1S/C14H15N5O2/c1-19-8-16-7-12(19)13-17-14(21-18-13)11(15)6-9-2-4-10(20)5-3-9/h2-5,7-8,11,20H,6,15H2,1H3/t11-/m0/s1. The molecule has 0 radical (unpaired) electrons. The van der Waals surface area contributed by atoms with Crippen LogP contribution >= 0.6 is 0 Å². The van der Waals surface area contributed by atoms with Crippen molar-refractivity contribution in [2.24, 2.45) is 12.8 Å². The molecule has 3 aromatic rings. The molecule has 0 bridgehead atoms. The van der Waals surface area contributed by atoms with E-state index < -0.39 is 6.04 Å². The van der Waals surface area contributed by atoms with Crippen molar-refractivity contribution in [3.05, 3.63) is 48.2 Å². The second-order valence-electron chi connectivity index (χ2n) is 4.82. The largest absolute Gasteiger partial charge is 0.508 e. The molecular formula is C14H15N5O2. The molecule has 0 unspecified atom stereocenters. The van der Waals surface area contributed by atoms with E-state index in [9.17, 15) is 5.11 Å². The molecule has 3 rings (SSSR count). The minimum Gasteiger partial charge on any atom is -0.508 e. The zero-order valence-electron chi connectivity index (χ0n) is 11.5. The Kier molecular flexibility index (Phi) is 3.41. The van der Waals surface area contributed by atoms with Crippen LogP contribution in [0.5, 0.6) is 5.75 Å². The average Bonchev–Trinajstić information content (AvgIpc) is 3.09. The van der Waals surface area contributed by atoms with Gasteiger partial charge in [0.1, 0.15) is 11.4 Å². The Hall–Kier alpha value is -2.67. The van der Waals surface area contributed by atoms with Gasteiger partial charge in [-0.1, -0.05) is 17.3 Å². The molecule has 0 amide bonds. The summed E-state index contributed by atoms with van der Waals surface area (Å²) in [6, 6.07) is 6.47. The molecular weight excluding hydrogens is 270 g/mol. The summed E-state index contributed by atoms with van der Waals surface area (Å²) >= 11 is 0. The first-order valence-electron chi connectivity index (χ1n) is 6.47. The molecule has 0 fully saturated rings. The van der Waals surface area contributed by atoms with Crippen molar-refractivity contribution in [3.63, 3.8) is 0 Å². The number of imidazole rings is 1. The minimum absolute atomic E-state index is 0.226. The molecule has 108 valence electrons.